The van der Waals surface area contributed by atoms with E-state index in [4.69, 9.17) is 189 Å². The minimum Gasteiger partial charge on any atom is -0.382 e. The summed E-state index contributed by atoms with van der Waals surface area (Å²) < 4.78 is 275. The molecule has 30 saturated heterocycles. The largest absolute Gasteiger partial charge is 0.382 e. The summed E-state index contributed by atoms with van der Waals surface area (Å²) in [6.45, 7) is -1.18. The summed E-state index contributed by atoms with van der Waals surface area (Å²) in [5.74, 6) is 0. The smallest absolute Gasteiger partial charge is 0.187 e. The maximum absolute atomic E-state index is 7.74. The van der Waals surface area contributed by atoms with Crippen LogP contribution < -0.4 is 0 Å². The molecule has 30 fully saturated rings. The van der Waals surface area contributed by atoms with Crippen molar-refractivity contribution in [1.82, 2.24) is 0 Å². The molecule has 6 aromatic rings. The molecule has 0 saturated carbocycles. The highest BCUT2D eigenvalue weighted by Gasteiger charge is 2.64. The second kappa shape index (κ2) is 55.9. The van der Waals surface area contributed by atoms with Crippen LogP contribution in [0.1, 0.15) is 33.4 Å². The van der Waals surface area contributed by atoms with Crippen molar-refractivity contribution in [3.8, 4) is 0 Å². The molecule has 148 heavy (non-hydrogen) atoms. The average molecular weight is 2090 g/mol. The minimum absolute atomic E-state index is 0.105. The molecule has 6 aromatic carbocycles. The van der Waals surface area contributed by atoms with Gasteiger partial charge in [0.05, 0.1) is 52.9 Å². The number of hydrogen-bond donors (Lipinski definition) is 0. The molecule has 30 heterocycles. The van der Waals surface area contributed by atoms with Crippen LogP contribution in [0.3, 0.4) is 0 Å². The lowest BCUT2D eigenvalue weighted by Gasteiger charge is -2.53. The summed E-state index contributed by atoms with van der Waals surface area (Å²) in [6, 6.07) is 59.4. The van der Waals surface area contributed by atoms with Gasteiger partial charge in [0.2, 0.25) is 0 Å². The van der Waals surface area contributed by atoms with Crippen molar-refractivity contribution in [1.29, 1.82) is 0 Å². The molecule has 40 heteroatoms. The highest BCUT2D eigenvalue weighted by atomic mass is 16.8. The fourth-order valence-electron chi connectivity index (χ4n) is 22.6. The Balaban J connectivity index is 0.843. The molecule has 0 N–H and O–H groups in total. The SMILES string of the molecule is COC[C@H]1O[C@@H]2O[C@H]3[C@H](OC)[C@@H](OC)[C@@H](O[C@H]4[C@H](OC)[C@@H](OC)[C@@H](O[C@H]5[C@H](OC)[C@@H](OC)[C@@H](O[C@H]6[C@H](OC)[C@@H](OC)[C@@H](O[C@H]7[C@H](OC)[C@@H](OC)[C@@H](O[C@H]8[C@H](OC)[C@@H](OC)[C@@H](O[C@H]9[C@H](OC)[C@@H](OC)[C@@H](O[C@H]1[C@H](OC)[C@H]2OC)O[C@@H]9COC)O[C@@H]8COC(c1ccccc1)(c1ccccc1)c1ccccc1)O[C@@H]7COC)O[C@@H]6COC)O[C@@H]5COC)O[C@@H]4COC(c1ccccc1)(c1ccccc1)c1ccccc1)O[C@@H]3COC. The molecule has 0 amide bonds. The lowest BCUT2D eigenvalue weighted by molar-refractivity contribution is -0.410. The molecular formula is C108H152O40. The zero-order valence-electron chi connectivity index (χ0n) is 88.4. The Hall–Kier alpha value is -6.28. The molecular weight excluding hydrogens is 1940 g/mol. The van der Waals surface area contributed by atoms with Crippen molar-refractivity contribution in [2.75, 3.05) is 209 Å². The number of hydrogen-bond acceptors (Lipinski definition) is 40. The highest BCUT2D eigenvalue weighted by molar-refractivity contribution is 5.49. The lowest BCUT2D eigenvalue weighted by Crippen LogP contribution is -2.70. The number of methoxy groups -OCH3 is 22. The second-order valence-corrected chi connectivity index (χ2v) is 37.3. The Morgan fingerprint density at radius 2 is 0.264 bits per heavy atom. The molecule has 0 unspecified atom stereocenters. The van der Waals surface area contributed by atoms with Crippen molar-refractivity contribution in [2.24, 2.45) is 0 Å². The first kappa shape index (κ1) is 116. The number of rotatable bonds is 40. The third kappa shape index (κ3) is 24.4. The topological polar surface area (TPSA) is 369 Å². The molecule has 40 nitrogen and oxygen atoms in total. The first-order valence-electron chi connectivity index (χ1n) is 49.9. The van der Waals surface area contributed by atoms with Gasteiger partial charge in [0, 0.05) is 156 Å². The predicted molar refractivity (Wildman–Crippen MR) is 523 cm³/mol. The van der Waals surface area contributed by atoms with E-state index in [1.54, 1.807) is 0 Å². The Labute approximate surface area is 866 Å². The van der Waals surface area contributed by atoms with Crippen molar-refractivity contribution >= 4 is 0 Å². The molecule has 30 aliphatic heterocycles. The van der Waals surface area contributed by atoms with Gasteiger partial charge in [0.1, 0.15) is 207 Å². The van der Waals surface area contributed by atoms with Crippen molar-refractivity contribution in [2.45, 2.75) is 257 Å². The fourth-order valence-corrected chi connectivity index (χ4v) is 22.6. The normalized spacial score (nSPS) is 37.8. The number of benzene rings is 6. The van der Waals surface area contributed by atoms with Gasteiger partial charge in [-0.05, 0) is 33.4 Å². The van der Waals surface area contributed by atoms with Crippen molar-refractivity contribution in [3.05, 3.63) is 215 Å². The quantitative estimate of drug-likeness (QED) is 0.0349. The van der Waals surface area contributed by atoms with Crippen LogP contribution in [0, 0.1) is 0 Å². The maximum atomic E-state index is 7.74. The van der Waals surface area contributed by atoms with E-state index in [1.165, 1.54) is 156 Å². The molecule has 30 aliphatic rings. The third-order valence-electron chi connectivity index (χ3n) is 29.4. The standard InChI is InChI=1S/C108H152O40/c1-109-53-67-75-83(115-7)91(123-15)99(133-67)143-77-69(55-111-3)137-103(95(127-19)85(77)117-9)147-81-73(59-131-107(61-41-29-23-30-42-61,62-43-31-24-32-44-62)63-45-33-25-34-46-63)140-106(98(130-22)89(81)121-13)146-80-72(58-114-6)136-102(94(126-18)88(80)120-12)142-76-68(54-110-2)134-100(92(124-16)84(76)116-8)144-78-70(56-112-4)138-104(96(128-20)86(78)118-10)148-82-74(60-132-108(64-47-35-26-36-48-64,65-49-37-27-38-50-65)66-51-39-28-40-52-66)139-105(97(129-21)90(82)122-14)145-79-71(57-113-5)135-101(141-75)93(125-17)87(79)119-11/h23-52,67-106H,53-60H2,1-22H3/t67-,68-,69-,70-,71-,72-,73-,74-,75-,76-,77-,78-,79-,80-,81-,82-,83+,84+,85+,86+,87+,88+,89+,90+,91-,92-,93-,94-,95-,96-,97-,98-,99-,100-,101-,102-,103-,104-,105-,106-/m1/s1. The van der Waals surface area contributed by atoms with Crippen LogP contribution in [0.5, 0.6) is 0 Å². The van der Waals surface area contributed by atoms with Gasteiger partial charge in [-0.1, -0.05) is 182 Å². The maximum Gasteiger partial charge on any atom is 0.187 e. The Bertz CT molecular complexity index is 4240. The highest BCUT2D eigenvalue weighted by Crippen LogP contribution is 2.49. The summed E-state index contributed by atoms with van der Waals surface area (Å²) in [7, 11) is 33.4. The Morgan fingerprint density at radius 3 is 0.372 bits per heavy atom. The monoisotopic (exact) mass is 2090 g/mol. The van der Waals surface area contributed by atoms with Crippen LogP contribution in [-0.2, 0) is 201 Å². The van der Waals surface area contributed by atoms with E-state index >= 15 is 0 Å². The molecule has 0 aliphatic carbocycles. The molecule has 36 rings (SSSR count). The molecule has 0 spiro atoms. The Kier molecular flexibility index (Phi) is 43.7. The van der Waals surface area contributed by atoms with Crippen LogP contribution in [0.2, 0.25) is 0 Å². The fraction of sp³-hybridized carbons (Fsp3) is 0.667. The van der Waals surface area contributed by atoms with E-state index < -0.39 is 257 Å². The van der Waals surface area contributed by atoms with Crippen LogP contribution in [-0.4, -0.2) is 455 Å². The summed E-state index contributed by atoms with van der Waals surface area (Å²) in [6.07, 6.45) is -46.6. The van der Waals surface area contributed by atoms with Gasteiger partial charge in [-0.3, -0.25) is 0 Å². The van der Waals surface area contributed by atoms with Crippen molar-refractivity contribution < 1.29 is 189 Å². The average Bonchev–Trinajstić information content (AvgIpc) is 0.762. The molecule has 0 radical (unpaired) electrons. The van der Waals surface area contributed by atoms with E-state index in [0.717, 1.165) is 33.4 Å². The molecule has 40 atom stereocenters. The van der Waals surface area contributed by atoms with E-state index in [2.05, 4.69) is 0 Å². The van der Waals surface area contributed by atoms with Gasteiger partial charge < -0.3 is 189 Å². The van der Waals surface area contributed by atoms with Gasteiger partial charge in [0.15, 0.2) is 50.3 Å². The Morgan fingerprint density at radius 1 is 0.149 bits per heavy atom. The third-order valence-corrected chi connectivity index (χ3v) is 29.4. The predicted octanol–water partition coefficient (Wildman–Crippen LogP) is 7.02. The van der Waals surface area contributed by atoms with Gasteiger partial charge in [-0.25, -0.2) is 0 Å². The van der Waals surface area contributed by atoms with Crippen LogP contribution in [0.4, 0.5) is 0 Å². The minimum atomic E-state index is -1.40. The van der Waals surface area contributed by atoms with Gasteiger partial charge in [-0.2, -0.15) is 0 Å². The molecule has 16 bridgehead atoms. The van der Waals surface area contributed by atoms with Crippen LogP contribution >= 0.6 is 0 Å². The first-order valence-corrected chi connectivity index (χ1v) is 49.9. The van der Waals surface area contributed by atoms with E-state index in [1.807, 2.05) is 182 Å². The van der Waals surface area contributed by atoms with E-state index in [0.29, 0.717) is 0 Å². The van der Waals surface area contributed by atoms with E-state index in [-0.39, 0.29) is 52.9 Å². The van der Waals surface area contributed by atoms with Crippen LogP contribution in [0.15, 0.2) is 182 Å². The summed E-state index contributed by atoms with van der Waals surface area (Å²) >= 11 is 0. The molecule has 0 aromatic heterocycles. The zero-order chi connectivity index (χ0) is 105. The van der Waals surface area contributed by atoms with Gasteiger partial charge in [-0.15, -0.1) is 0 Å². The van der Waals surface area contributed by atoms with Gasteiger partial charge >= 0.3 is 0 Å². The summed E-state index contributed by atoms with van der Waals surface area (Å²) in [5.41, 5.74) is 2.09. The zero-order valence-corrected chi connectivity index (χ0v) is 88.4. The van der Waals surface area contributed by atoms with Gasteiger partial charge in [0.25, 0.3) is 0 Å². The number of ether oxygens (including phenoxy) is 40. The van der Waals surface area contributed by atoms with Crippen LogP contribution in [0.25, 0.3) is 0 Å². The summed E-state index contributed by atoms with van der Waals surface area (Å²) in [5, 5.41) is 0. The summed E-state index contributed by atoms with van der Waals surface area (Å²) in [4.78, 5) is 0. The lowest BCUT2D eigenvalue weighted by atomic mass is 9.80. The first-order chi connectivity index (χ1) is 72.4. The van der Waals surface area contributed by atoms with E-state index in [9.17, 15) is 0 Å². The van der Waals surface area contributed by atoms with Crippen molar-refractivity contribution in [3.63, 3.8) is 0 Å². The second-order valence-electron chi connectivity index (χ2n) is 37.3. The molecule has 824 valence electrons.